The van der Waals surface area contributed by atoms with Crippen molar-refractivity contribution in [3.05, 3.63) is 57.5 Å². The van der Waals surface area contributed by atoms with Crippen LogP contribution in [0, 0.1) is 0 Å². The summed E-state index contributed by atoms with van der Waals surface area (Å²) in [6, 6.07) is 12.2. The zero-order valence-corrected chi connectivity index (χ0v) is 14.7. The summed E-state index contributed by atoms with van der Waals surface area (Å²) in [4.78, 5) is 12.2. The minimum Gasteiger partial charge on any atom is -0.496 e. The molecule has 0 spiro atoms. The molecule has 0 heterocycles. The Morgan fingerprint density at radius 1 is 1.23 bits per heavy atom. The van der Waals surface area contributed by atoms with Crippen LogP contribution in [0.3, 0.4) is 0 Å². The number of halogens is 2. The minimum atomic E-state index is -0.394. The van der Waals surface area contributed by atoms with Gasteiger partial charge in [-0.1, -0.05) is 27.5 Å². The Balaban J connectivity index is 2.06. The van der Waals surface area contributed by atoms with Crippen LogP contribution in [-0.2, 0) is 0 Å². The van der Waals surface area contributed by atoms with Crippen molar-refractivity contribution in [2.45, 2.75) is 0 Å². The molecule has 0 aliphatic carbocycles. The summed E-state index contributed by atoms with van der Waals surface area (Å²) in [5.74, 6) is 0.0299. The predicted octanol–water partition coefficient (Wildman–Crippen LogP) is 4.24. The van der Waals surface area contributed by atoms with Gasteiger partial charge in [0.15, 0.2) is 5.11 Å². The highest BCUT2D eigenvalue weighted by molar-refractivity contribution is 9.10. The van der Waals surface area contributed by atoms with Crippen LogP contribution in [-0.4, -0.2) is 18.1 Å². The third kappa shape index (κ3) is 4.43. The van der Waals surface area contributed by atoms with Crippen molar-refractivity contribution in [3.8, 4) is 5.75 Å². The SMILES string of the molecule is COc1ccc(Cl)cc1C(=O)NC(=S)Nc1ccc(Br)cc1. The number of anilines is 1. The van der Waals surface area contributed by atoms with Gasteiger partial charge in [0.25, 0.3) is 5.91 Å². The number of benzene rings is 2. The number of hydrogen-bond donors (Lipinski definition) is 2. The number of carbonyl (C=O) groups is 1. The van der Waals surface area contributed by atoms with E-state index in [1.165, 1.54) is 13.2 Å². The van der Waals surface area contributed by atoms with Gasteiger partial charge in [-0.05, 0) is 54.7 Å². The number of carbonyl (C=O) groups excluding carboxylic acids is 1. The topological polar surface area (TPSA) is 50.4 Å². The van der Waals surface area contributed by atoms with E-state index in [0.717, 1.165) is 10.2 Å². The predicted molar refractivity (Wildman–Crippen MR) is 95.8 cm³/mol. The number of methoxy groups -OCH3 is 1. The van der Waals surface area contributed by atoms with Gasteiger partial charge in [0, 0.05) is 15.2 Å². The normalized spacial score (nSPS) is 9.95. The van der Waals surface area contributed by atoms with Crippen LogP contribution >= 0.6 is 39.7 Å². The molecule has 0 aliphatic heterocycles. The van der Waals surface area contributed by atoms with Gasteiger partial charge < -0.3 is 10.1 Å². The van der Waals surface area contributed by atoms with Crippen LogP contribution in [0.4, 0.5) is 5.69 Å². The Labute approximate surface area is 146 Å². The average Bonchev–Trinajstić information content (AvgIpc) is 2.49. The summed E-state index contributed by atoms with van der Waals surface area (Å²) in [7, 11) is 1.48. The van der Waals surface area contributed by atoms with E-state index in [4.69, 9.17) is 28.6 Å². The van der Waals surface area contributed by atoms with Crippen molar-refractivity contribution in [3.63, 3.8) is 0 Å². The maximum absolute atomic E-state index is 12.2. The zero-order chi connectivity index (χ0) is 16.1. The lowest BCUT2D eigenvalue weighted by atomic mass is 10.2. The van der Waals surface area contributed by atoms with Crippen LogP contribution in [0.15, 0.2) is 46.9 Å². The molecule has 2 N–H and O–H groups in total. The second-order valence-corrected chi connectivity index (χ2v) is 6.02. The highest BCUT2D eigenvalue weighted by Gasteiger charge is 2.14. The molecule has 0 saturated carbocycles. The number of thiocarbonyl (C=S) groups is 1. The van der Waals surface area contributed by atoms with Crippen molar-refractivity contribution in [1.29, 1.82) is 0 Å². The van der Waals surface area contributed by atoms with E-state index in [9.17, 15) is 4.79 Å². The quantitative estimate of drug-likeness (QED) is 0.758. The molecule has 2 aromatic rings. The van der Waals surface area contributed by atoms with Crippen molar-refractivity contribution < 1.29 is 9.53 Å². The van der Waals surface area contributed by atoms with Gasteiger partial charge >= 0.3 is 0 Å². The van der Waals surface area contributed by atoms with E-state index < -0.39 is 5.91 Å². The number of amides is 1. The molecule has 0 atom stereocenters. The minimum absolute atomic E-state index is 0.189. The van der Waals surface area contributed by atoms with E-state index in [1.807, 2.05) is 24.3 Å². The first-order chi connectivity index (χ1) is 10.5. The van der Waals surface area contributed by atoms with Crippen molar-refractivity contribution in [2.75, 3.05) is 12.4 Å². The van der Waals surface area contributed by atoms with Gasteiger partial charge in [0.1, 0.15) is 5.75 Å². The number of rotatable bonds is 3. The Morgan fingerprint density at radius 3 is 2.55 bits per heavy atom. The first kappa shape index (κ1) is 16.7. The smallest absolute Gasteiger partial charge is 0.261 e. The Bertz CT molecular complexity index is 707. The molecular weight excluding hydrogens is 388 g/mol. The van der Waals surface area contributed by atoms with Gasteiger partial charge in [-0.15, -0.1) is 0 Å². The lowest BCUT2D eigenvalue weighted by molar-refractivity contribution is 0.0975. The molecule has 2 aromatic carbocycles. The third-order valence-electron chi connectivity index (χ3n) is 2.74. The Kier molecular flexibility index (Phi) is 5.76. The Hall–Kier alpha value is -1.63. The van der Waals surface area contributed by atoms with Crippen molar-refractivity contribution in [1.82, 2.24) is 5.32 Å². The molecule has 0 fully saturated rings. The van der Waals surface area contributed by atoms with Crippen LogP contribution in [0.2, 0.25) is 5.02 Å². The summed E-state index contributed by atoms with van der Waals surface area (Å²) in [5.41, 5.74) is 1.08. The van der Waals surface area contributed by atoms with Crippen LogP contribution in [0.5, 0.6) is 5.75 Å². The molecule has 2 rings (SSSR count). The average molecular weight is 400 g/mol. The number of nitrogens with one attached hydrogen (secondary N) is 2. The first-order valence-corrected chi connectivity index (χ1v) is 7.79. The Morgan fingerprint density at radius 2 is 1.91 bits per heavy atom. The van der Waals surface area contributed by atoms with E-state index in [-0.39, 0.29) is 5.11 Å². The maximum atomic E-state index is 12.2. The first-order valence-electron chi connectivity index (χ1n) is 6.21. The summed E-state index contributed by atoms with van der Waals surface area (Å²) in [6.07, 6.45) is 0. The van der Waals surface area contributed by atoms with Crippen LogP contribution in [0.25, 0.3) is 0 Å². The molecule has 0 aliphatic rings. The van der Waals surface area contributed by atoms with E-state index in [1.54, 1.807) is 12.1 Å². The summed E-state index contributed by atoms with van der Waals surface area (Å²) in [6.45, 7) is 0. The van der Waals surface area contributed by atoms with E-state index in [2.05, 4.69) is 26.6 Å². The standard InChI is InChI=1S/C15H12BrClN2O2S/c1-21-13-7-4-10(17)8-12(13)14(20)19-15(22)18-11-5-2-9(16)3-6-11/h2-8H,1H3,(H2,18,19,20,22). The fraction of sp³-hybridized carbons (Fsp3) is 0.0667. The monoisotopic (exact) mass is 398 g/mol. The fourth-order valence-electron chi connectivity index (χ4n) is 1.72. The highest BCUT2D eigenvalue weighted by Crippen LogP contribution is 2.22. The summed E-state index contributed by atoms with van der Waals surface area (Å²) < 4.78 is 6.10. The van der Waals surface area contributed by atoms with Gasteiger partial charge in [0.2, 0.25) is 0 Å². The summed E-state index contributed by atoms with van der Waals surface area (Å²) >= 11 is 14.4. The third-order valence-corrected chi connectivity index (χ3v) is 3.70. The lowest BCUT2D eigenvalue weighted by Gasteiger charge is -2.12. The van der Waals surface area contributed by atoms with E-state index >= 15 is 0 Å². The van der Waals surface area contributed by atoms with Gasteiger partial charge in [0.05, 0.1) is 12.7 Å². The molecule has 0 aromatic heterocycles. The maximum Gasteiger partial charge on any atom is 0.261 e. The van der Waals surface area contributed by atoms with Crippen LogP contribution in [0.1, 0.15) is 10.4 Å². The second-order valence-electron chi connectivity index (χ2n) is 4.26. The molecule has 22 heavy (non-hydrogen) atoms. The van der Waals surface area contributed by atoms with Crippen molar-refractivity contribution in [2.24, 2.45) is 0 Å². The van der Waals surface area contributed by atoms with Crippen LogP contribution < -0.4 is 15.4 Å². The molecule has 0 unspecified atom stereocenters. The summed E-state index contributed by atoms with van der Waals surface area (Å²) in [5, 5.41) is 6.15. The second kappa shape index (κ2) is 7.58. The highest BCUT2D eigenvalue weighted by atomic mass is 79.9. The molecule has 4 nitrogen and oxygen atoms in total. The molecule has 0 radical (unpaired) electrons. The number of ether oxygens (including phenoxy) is 1. The lowest BCUT2D eigenvalue weighted by Crippen LogP contribution is -2.34. The molecule has 0 bridgehead atoms. The van der Waals surface area contributed by atoms with Gasteiger partial charge in [-0.2, -0.15) is 0 Å². The molecule has 1 amide bonds. The van der Waals surface area contributed by atoms with Crippen molar-refractivity contribution >= 4 is 56.5 Å². The van der Waals surface area contributed by atoms with Gasteiger partial charge in [-0.3, -0.25) is 10.1 Å². The molecule has 7 heteroatoms. The number of hydrogen-bond acceptors (Lipinski definition) is 3. The van der Waals surface area contributed by atoms with Gasteiger partial charge in [-0.25, -0.2) is 0 Å². The molecule has 0 saturated heterocycles. The zero-order valence-electron chi connectivity index (χ0n) is 11.5. The molecule has 114 valence electrons. The van der Waals surface area contributed by atoms with E-state index in [0.29, 0.717) is 16.3 Å². The molecular formula is C15H12BrClN2O2S. The fourth-order valence-corrected chi connectivity index (χ4v) is 2.37. The largest absolute Gasteiger partial charge is 0.496 e.